The van der Waals surface area contributed by atoms with E-state index in [1.165, 1.54) is 26.2 Å². The van der Waals surface area contributed by atoms with Gasteiger partial charge in [0.05, 0.1) is 13.0 Å². The standard InChI is InChI=1S/C21H27N3O5S/c1-4-29-18-11-10-17(15-19(18)30(27,28)24(2)3)23-20(25)12-13-22-21(26)14-16-8-6-5-7-9-16/h5-11,15H,4,12-14H2,1-3H3,(H,22,26)(H,23,25). The Morgan fingerprint density at radius 2 is 1.73 bits per heavy atom. The number of sulfonamides is 1. The number of rotatable bonds is 10. The molecule has 0 aromatic heterocycles. The number of nitrogens with zero attached hydrogens (tertiary/aromatic N) is 1. The fourth-order valence-electron chi connectivity index (χ4n) is 2.64. The summed E-state index contributed by atoms with van der Waals surface area (Å²) in [6, 6.07) is 13.8. The Bertz CT molecular complexity index is 975. The molecule has 0 spiro atoms. The third-order valence-corrected chi connectivity index (χ3v) is 6.00. The molecule has 2 aromatic rings. The summed E-state index contributed by atoms with van der Waals surface area (Å²) in [5, 5.41) is 5.36. The molecule has 2 N–H and O–H groups in total. The Kier molecular flexibility index (Phi) is 8.37. The van der Waals surface area contributed by atoms with Crippen LogP contribution >= 0.6 is 0 Å². The van der Waals surface area contributed by atoms with Crippen molar-refractivity contribution >= 4 is 27.5 Å². The molecule has 0 heterocycles. The minimum atomic E-state index is -3.75. The third kappa shape index (κ3) is 6.57. The molecule has 2 rings (SSSR count). The maximum Gasteiger partial charge on any atom is 0.246 e. The van der Waals surface area contributed by atoms with E-state index >= 15 is 0 Å². The van der Waals surface area contributed by atoms with Crippen molar-refractivity contribution in [2.75, 3.05) is 32.6 Å². The lowest BCUT2D eigenvalue weighted by Crippen LogP contribution is -2.29. The third-order valence-electron chi connectivity index (χ3n) is 4.17. The average Bonchev–Trinajstić information content (AvgIpc) is 2.69. The van der Waals surface area contributed by atoms with Gasteiger partial charge in [-0.05, 0) is 30.7 Å². The fourth-order valence-corrected chi connectivity index (χ4v) is 3.69. The van der Waals surface area contributed by atoms with Crippen molar-refractivity contribution in [2.45, 2.75) is 24.7 Å². The van der Waals surface area contributed by atoms with Gasteiger partial charge < -0.3 is 15.4 Å². The van der Waals surface area contributed by atoms with Gasteiger partial charge in [0.15, 0.2) is 0 Å². The highest BCUT2D eigenvalue weighted by Gasteiger charge is 2.23. The second-order valence-electron chi connectivity index (χ2n) is 6.69. The van der Waals surface area contributed by atoms with Crippen molar-refractivity contribution in [3.63, 3.8) is 0 Å². The fraction of sp³-hybridized carbons (Fsp3) is 0.333. The Labute approximate surface area is 177 Å². The molecule has 0 aliphatic carbocycles. The molecule has 0 saturated heterocycles. The van der Waals surface area contributed by atoms with Crippen molar-refractivity contribution in [1.82, 2.24) is 9.62 Å². The van der Waals surface area contributed by atoms with Crippen molar-refractivity contribution in [3.05, 3.63) is 54.1 Å². The average molecular weight is 434 g/mol. The van der Waals surface area contributed by atoms with Crippen LogP contribution in [0.1, 0.15) is 18.9 Å². The van der Waals surface area contributed by atoms with Gasteiger partial charge in [-0.15, -0.1) is 0 Å². The van der Waals surface area contributed by atoms with Gasteiger partial charge in [-0.3, -0.25) is 9.59 Å². The summed E-state index contributed by atoms with van der Waals surface area (Å²) in [6.45, 7) is 2.25. The molecule has 2 amide bonds. The van der Waals surface area contributed by atoms with Gasteiger partial charge in [0.1, 0.15) is 10.6 Å². The van der Waals surface area contributed by atoms with Crippen molar-refractivity contribution in [3.8, 4) is 5.75 Å². The first-order chi connectivity index (χ1) is 14.2. The van der Waals surface area contributed by atoms with E-state index in [1.54, 1.807) is 13.0 Å². The summed E-state index contributed by atoms with van der Waals surface area (Å²) in [5.74, 6) is -0.292. The van der Waals surface area contributed by atoms with Crippen molar-refractivity contribution < 1.29 is 22.7 Å². The molecule has 2 aromatic carbocycles. The molecule has 0 fully saturated rings. The van der Waals surface area contributed by atoms with Gasteiger partial charge in [-0.2, -0.15) is 0 Å². The van der Waals surface area contributed by atoms with E-state index in [0.717, 1.165) is 9.87 Å². The van der Waals surface area contributed by atoms with Crippen molar-refractivity contribution in [1.29, 1.82) is 0 Å². The van der Waals surface area contributed by atoms with Gasteiger partial charge in [0.25, 0.3) is 0 Å². The molecule has 9 heteroatoms. The molecule has 0 bridgehead atoms. The topological polar surface area (TPSA) is 105 Å². The van der Waals surface area contributed by atoms with Gasteiger partial charge in [-0.1, -0.05) is 30.3 Å². The van der Waals surface area contributed by atoms with Crippen LogP contribution in [0.5, 0.6) is 5.75 Å². The smallest absolute Gasteiger partial charge is 0.246 e. The summed E-state index contributed by atoms with van der Waals surface area (Å²) in [7, 11) is -0.896. The summed E-state index contributed by atoms with van der Waals surface area (Å²) in [6.07, 6.45) is 0.302. The van der Waals surface area contributed by atoms with E-state index < -0.39 is 10.0 Å². The number of benzene rings is 2. The Balaban J connectivity index is 1.95. The van der Waals surface area contributed by atoms with Crippen LogP contribution in [0.15, 0.2) is 53.4 Å². The van der Waals surface area contributed by atoms with Gasteiger partial charge >= 0.3 is 0 Å². The van der Waals surface area contributed by atoms with Crippen LogP contribution in [0.25, 0.3) is 0 Å². The summed E-state index contributed by atoms with van der Waals surface area (Å²) in [5.41, 5.74) is 1.22. The SMILES string of the molecule is CCOc1ccc(NC(=O)CCNC(=O)Cc2ccccc2)cc1S(=O)(=O)N(C)C. The highest BCUT2D eigenvalue weighted by Crippen LogP contribution is 2.29. The van der Waals surface area contributed by atoms with E-state index in [0.29, 0.717) is 12.3 Å². The number of nitrogens with one attached hydrogen (secondary N) is 2. The predicted octanol–water partition coefficient (Wildman–Crippen LogP) is 2.02. The Morgan fingerprint density at radius 1 is 1.03 bits per heavy atom. The molecule has 30 heavy (non-hydrogen) atoms. The lowest BCUT2D eigenvalue weighted by Gasteiger charge is -2.16. The zero-order valence-corrected chi connectivity index (χ0v) is 18.2. The van der Waals surface area contributed by atoms with Crippen LogP contribution < -0.4 is 15.4 Å². The first-order valence-corrected chi connectivity index (χ1v) is 11.0. The van der Waals surface area contributed by atoms with Crippen LogP contribution in [0, 0.1) is 0 Å². The minimum absolute atomic E-state index is 0.0247. The van der Waals surface area contributed by atoms with Crippen LogP contribution in [0.2, 0.25) is 0 Å². The maximum absolute atomic E-state index is 12.5. The second kappa shape index (κ2) is 10.7. The molecule has 8 nitrogen and oxygen atoms in total. The Morgan fingerprint density at radius 3 is 2.37 bits per heavy atom. The van der Waals surface area contributed by atoms with Gasteiger partial charge in [-0.25, -0.2) is 12.7 Å². The molecular formula is C21H27N3O5S. The lowest BCUT2D eigenvalue weighted by molar-refractivity contribution is -0.120. The molecule has 162 valence electrons. The summed E-state index contributed by atoms with van der Waals surface area (Å²) < 4.78 is 31.6. The van der Waals surface area contributed by atoms with Crippen LogP contribution in [-0.4, -0.2) is 51.8 Å². The molecule has 0 aliphatic heterocycles. The molecule has 0 saturated carbocycles. The van der Waals surface area contributed by atoms with Crippen molar-refractivity contribution in [2.24, 2.45) is 0 Å². The first-order valence-electron chi connectivity index (χ1n) is 9.54. The van der Waals surface area contributed by atoms with E-state index in [1.807, 2.05) is 30.3 Å². The number of carbonyl (C=O) groups excluding carboxylic acids is 2. The number of carbonyl (C=O) groups is 2. The molecule has 0 radical (unpaired) electrons. The largest absolute Gasteiger partial charge is 0.492 e. The van der Waals surface area contributed by atoms with E-state index in [2.05, 4.69) is 10.6 Å². The number of anilines is 1. The van der Waals surface area contributed by atoms with Gasteiger partial charge in [0.2, 0.25) is 21.8 Å². The number of ether oxygens (including phenoxy) is 1. The van der Waals surface area contributed by atoms with Crippen LogP contribution in [0.4, 0.5) is 5.69 Å². The molecule has 0 atom stereocenters. The monoisotopic (exact) mass is 433 g/mol. The quantitative estimate of drug-likeness (QED) is 0.597. The summed E-state index contributed by atoms with van der Waals surface area (Å²) >= 11 is 0. The highest BCUT2D eigenvalue weighted by molar-refractivity contribution is 7.89. The second-order valence-corrected chi connectivity index (χ2v) is 8.81. The maximum atomic E-state index is 12.5. The molecule has 0 aliphatic rings. The zero-order chi connectivity index (χ0) is 22.1. The molecule has 0 unspecified atom stereocenters. The molecular weight excluding hydrogens is 406 g/mol. The number of hydrogen-bond donors (Lipinski definition) is 2. The predicted molar refractivity (Wildman–Crippen MR) is 115 cm³/mol. The number of amides is 2. The summed E-state index contributed by atoms with van der Waals surface area (Å²) in [4.78, 5) is 24.1. The lowest BCUT2D eigenvalue weighted by atomic mass is 10.1. The van der Waals surface area contributed by atoms with Gasteiger partial charge in [0, 0.05) is 32.7 Å². The highest BCUT2D eigenvalue weighted by atomic mass is 32.2. The first kappa shape index (κ1) is 23.4. The Hall–Kier alpha value is -2.91. The van der Waals surface area contributed by atoms with E-state index in [-0.39, 0.29) is 41.8 Å². The van der Waals surface area contributed by atoms with E-state index in [9.17, 15) is 18.0 Å². The minimum Gasteiger partial charge on any atom is -0.492 e. The van der Waals surface area contributed by atoms with Crippen LogP contribution in [-0.2, 0) is 26.0 Å². The van der Waals surface area contributed by atoms with Crippen LogP contribution in [0.3, 0.4) is 0 Å². The zero-order valence-electron chi connectivity index (χ0n) is 17.3. The van der Waals surface area contributed by atoms with E-state index in [4.69, 9.17) is 4.74 Å². The normalized spacial score (nSPS) is 11.2. The number of hydrogen-bond acceptors (Lipinski definition) is 5.